The van der Waals surface area contributed by atoms with Crippen molar-refractivity contribution >= 4 is 17.8 Å². The van der Waals surface area contributed by atoms with E-state index in [-0.39, 0.29) is 28.9 Å². The number of amides is 2. The summed E-state index contributed by atoms with van der Waals surface area (Å²) >= 11 is 0. The van der Waals surface area contributed by atoms with Gasteiger partial charge in [-0.05, 0) is 67.2 Å². The maximum Gasteiger partial charge on any atom is 0.410 e. The number of aryl methyl sites for hydroxylation is 1. The predicted octanol–water partition coefficient (Wildman–Crippen LogP) is 3.85. The van der Waals surface area contributed by atoms with Crippen molar-refractivity contribution in [3.63, 3.8) is 0 Å². The topological polar surface area (TPSA) is 70.9 Å². The van der Waals surface area contributed by atoms with Crippen LogP contribution in [0.4, 0.5) is 10.6 Å². The molecule has 33 heavy (non-hydrogen) atoms. The summed E-state index contributed by atoms with van der Waals surface area (Å²) in [5.41, 5.74) is 0.829. The number of rotatable bonds is 3. The van der Waals surface area contributed by atoms with E-state index in [2.05, 4.69) is 36.4 Å². The van der Waals surface area contributed by atoms with E-state index < -0.39 is 5.60 Å². The lowest BCUT2D eigenvalue weighted by molar-refractivity contribution is -0.134. The molecule has 4 rings (SSSR count). The van der Waals surface area contributed by atoms with Crippen LogP contribution < -0.4 is 4.90 Å². The second kappa shape index (κ2) is 7.91. The van der Waals surface area contributed by atoms with Crippen LogP contribution in [-0.2, 0) is 9.53 Å². The summed E-state index contributed by atoms with van der Waals surface area (Å²) in [5.74, 6) is 1.32. The zero-order valence-corrected chi connectivity index (χ0v) is 21.6. The van der Waals surface area contributed by atoms with Gasteiger partial charge in [-0.1, -0.05) is 0 Å². The third-order valence-electron chi connectivity index (χ3n) is 7.54. The van der Waals surface area contributed by atoms with Gasteiger partial charge >= 0.3 is 6.09 Å². The fourth-order valence-electron chi connectivity index (χ4n) is 5.97. The molecule has 3 aliphatic rings. The SMILES string of the molecule is Cc1cc(N2CCC(C(=O)N(C)C)CC2(C)C)nn1C1CC2(C1)CN(C(=O)OC(C)(C)C)C2. The number of hydrogen-bond donors (Lipinski definition) is 0. The van der Waals surface area contributed by atoms with Crippen LogP contribution in [0.2, 0.25) is 0 Å². The highest BCUT2D eigenvalue weighted by Gasteiger charge is 2.55. The summed E-state index contributed by atoms with van der Waals surface area (Å²) < 4.78 is 7.68. The Bertz CT molecular complexity index is 915. The first-order valence-electron chi connectivity index (χ1n) is 12.2. The van der Waals surface area contributed by atoms with Crippen molar-refractivity contribution in [3.8, 4) is 0 Å². The highest BCUT2D eigenvalue weighted by atomic mass is 16.6. The molecule has 0 bridgehead atoms. The van der Waals surface area contributed by atoms with Gasteiger partial charge in [0.05, 0.1) is 6.04 Å². The molecule has 3 fully saturated rings. The molecule has 2 aliphatic heterocycles. The van der Waals surface area contributed by atoms with Crippen molar-refractivity contribution < 1.29 is 14.3 Å². The Morgan fingerprint density at radius 1 is 1.15 bits per heavy atom. The lowest BCUT2D eigenvalue weighted by Gasteiger charge is -2.58. The van der Waals surface area contributed by atoms with E-state index >= 15 is 0 Å². The monoisotopic (exact) mass is 459 g/mol. The molecule has 0 N–H and O–H groups in total. The quantitative estimate of drug-likeness (QED) is 0.687. The summed E-state index contributed by atoms with van der Waals surface area (Å²) in [6.45, 7) is 14.7. The number of carbonyl (C=O) groups excluding carboxylic acids is 2. The van der Waals surface area contributed by atoms with Crippen molar-refractivity contribution in [2.75, 3.05) is 38.6 Å². The number of hydrogen-bond acceptors (Lipinski definition) is 5. The van der Waals surface area contributed by atoms with E-state index in [1.54, 1.807) is 4.90 Å². The molecule has 1 atom stereocenters. The highest BCUT2D eigenvalue weighted by molar-refractivity contribution is 5.78. The molecule has 8 heteroatoms. The third-order valence-corrected chi connectivity index (χ3v) is 7.54. The molecule has 1 saturated carbocycles. The van der Waals surface area contributed by atoms with Gasteiger partial charge in [0.25, 0.3) is 0 Å². The minimum atomic E-state index is -0.452. The molecule has 1 aliphatic carbocycles. The van der Waals surface area contributed by atoms with Crippen LogP contribution in [0.15, 0.2) is 6.07 Å². The van der Waals surface area contributed by atoms with Gasteiger partial charge in [-0.2, -0.15) is 5.10 Å². The summed E-state index contributed by atoms with van der Waals surface area (Å²) in [6.07, 6.45) is 3.60. The molecular weight excluding hydrogens is 418 g/mol. The first kappa shape index (κ1) is 23.9. The summed E-state index contributed by atoms with van der Waals surface area (Å²) in [4.78, 5) is 30.7. The van der Waals surface area contributed by atoms with E-state index in [4.69, 9.17) is 9.84 Å². The Labute approximate surface area is 198 Å². The predicted molar refractivity (Wildman–Crippen MR) is 128 cm³/mol. The van der Waals surface area contributed by atoms with Crippen LogP contribution in [0, 0.1) is 18.3 Å². The molecule has 0 radical (unpaired) electrons. The second-order valence-corrected chi connectivity index (χ2v) is 12.4. The van der Waals surface area contributed by atoms with Gasteiger partial charge in [0.1, 0.15) is 5.60 Å². The van der Waals surface area contributed by atoms with E-state index in [0.29, 0.717) is 6.04 Å². The zero-order chi connectivity index (χ0) is 24.3. The molecule has 1 unspecified atom stereocenters. The Morgan fingerprint density at radius 3 is 2.33 bits per heavy atom. The molecule has 3 heterocycles. The van der Waals surface area contributed by atoms with Gasteiger partial charge in [-0.15, -0.1) is 0 Å². The van der Waals surface area contributed by atoms with E-state index in [9.17, 15) is 9.59 Å². The van der Waals surface area contributed by atoms with E-state index in [0.717, 1.165) is 51.1 Å². The standard InChI is InChI=1S/C25H41N5O3/c1-17-11-20(29-10-9-18(12-24(29,5)6)21(31)27(7)8)26-30(17)19-13-25(14-19)15-28(16-25)22(32)33-23(2,3)4/h11,18-19H,9-10,12-16H2,1-8H3. The molecule has 1 spiro atoms. The number of aromatic nitrogens is 2. The minimum Gasteiger partial charge on any atom is -0.444 e. The maximum atomic E-state index is 12.5. The number of likely N-dealkylation sites (tertiary alicyclic amines) is 1. The van der Waals surface area contributed by atoms with Crippen molar-refractivity contribution in [1.82, 2.24) is 19.6 Å². The average molecular weight is 460 g/mol. The molecular formula is C25H41N5O3. The summed E-state index contributed by atoms with van der Waals surface area (Å²) in [6, 6.07) is 2.57. The smallest absolute Gasteiger partial charge is 0.410 e. The van der Waals surface area contributed by atoms with Crippen LogP contribution >= 0.6 is 0 Å². The van der Waals surface area contributed by atoms with E-state index in [1.165, 1.54) is 5.69 Å². The van der Waals surface area contributed by atoms with Crippen molar-refractivity contribution in [2.24, 2.45) is 11.3 Å². The van der Waals surface area contributed by atoms with E-state index in [1.807, 2.05) is 39.8 Å². The Kier molecular flexibility index (Phi) is 5.73. The van der Waals surface area contributed by atoms with Crippen LogP contribution in [0.5, 0.6) is 0 Å². The van der Waals surface area contributed by atoms with Crippen LogP contribution in [0.1, 0.15) is 72.0 Å². The van der Waals surface area contributed by atoms with Gasteiger partial charge in [0, 0.05) is 62.4 Å². The second-order valence-electron chi connectivity index (χ2n) is 12.4. The summed E-state index contributed by atoms with van der Waals surface area (Å²) in [7, 11) is 3.68. The fourth-order valence-corrected chi connectivity index (χ4v) is 5.97. The number of anilines is 1. The molecule has 0 aromatic carbocycles. The van der Waals surface area contributed by atoms with Crippen LogP contribution in [-0.4, -0.2) is 76.5 Å². The molecule has 1 aromatic rings. The van der Waals surface area contributed by atoms with Gasteiger partial charge in [-0.3, -0.25) is 9.48 Å². The highest BCUT2D eigenvalue weighted by Crippen LogP contribution is 2.54. The first-order chi connectivity index (χ1) is 15.2. The molecule has 8 nitrogen and oxygen atoms in total. The lowest BCUT2D eigenvalue weighted by Crippen LogP contribution is -2.64. The largest absolute Gasteiger partial charge is 0.444 e. The Balaban J connectivity index is 1.36. The number of ether oxygens (including phenoxy) is 1. The number of nitrogens with zero attached hydrogens (tertiary/aromatic N) is 5. The third kappa shape index (κ3) is 4.58. The normalized spacial score (nSPS) is 24.3. The van der Waals surface area contributed by atoms with Gasteiger partial charge < -0.3 is 19.4 Å². The Morgan fingerprint density at radius 2 is 1.79 bits per heavy atom. The molecule has 1 aromatic heterocycles. The average Bonchev–Trinajstić information content (AvgIpc) is 2.97. The Hall–Kier alpha value is -2.25. The van der Waals surface area contributed by atoms with Gasteiger partial charge in [0.2, 0.25) is 5.91 Å². The van der Waals surface area contributed by atoms with Crippen LogP contribution in [0.3, 0.4) is 0 Å². The van der Waals surface area contributed by atoms with Gasteiger partial charge in [0.15, 0.2) is 5.82 Å². The lowest BCUT2D eigenvalue weighted by atomic mass is 9.61. The zero-order valence-electron chi connectivity index (χ0n) is 21.6. The first-order valence-corrected chi connectivity index (χ1v) is 12.2. The van der Waals surface area contributed by atoms with Crippen molar-refractivity contribution in [2.45, 2.75) is 84.4 Å². The van der Waals surface area contributed by atoms with Crippen molar-refractivity contribution in [1.29, 1.82) is 0 Å². The van der Waals surface area contributed by atoms with Crippen molar-refractivity contribution in [3.05, 3.63) is 11.8 Å². The van der Waals surface area contributed by atoms with Crippen LogP contribution in [0.25, 0.3) is 0 Å². The maximum absolute atomic E-state index is 12.5. The molecule has 2 amide bonds. The fraction of sp³-hybridized carbons (Fsp3) is 0.800. The minimum absolute atomic E-state index is 0.0764. The summed E-state index contributed by atoms with van der Waals surface area (Å²) in [5, 5.41) is 5.02. The molecule has 184 valence electrons. The molecule has 2 saturated heterocycles. The van der Waals surface area contributed by atoms with Gasteiger partial charge in [-0.25, -0.2) is 4.79 Å². The number of carbonyl (C=O) groups is 2. The number of piperidine rings is 1.